The Bertz CT molecular complexity index is 851. The lowest BCUT2D eigenvalue weighted by Crippen LogP contribution is -2.50. The second-order valence-corrected chi connectivity index (χ2v) is 27.3. The van der Waals surface area contributed by atoms with Crippen LogP contribution in [0.4, 0.5) is 0 Å². The van der Waals surface area contributed by atoms with Gasteiger partial charge in [-0.25, -0.2) is 0 Å². The minimum Gasteiger partial charge on any atom is -0.351 e. The van der Waals surface area contributed by atoms with Crippen LogP contribution in [0.5, 0.6) is 0 Å². The van der Waals surface area contributed by atoms with Gasteiger partial charge in [0.2, 0.25) is 0 Å². The monoisotopic (exact) mass is 1110 g/mol. The van der Waals surface area contributed by atoms with Crippen LogP contribution in [0.3, 0.4) is 0 Å². The molecular formula is C72H148O4Si. The fraction of sp³-hybridized carbons (Fsp3) is 1.00. The molecule has 0 aliphatic heterocycles. The molecule has 0 N–H and O–H groups in total. The minimum absolute atomic E-state index is 0.710. The van der Waals surface area contributed by atoms with Crippen LogP contribution in [0.15, 0.2) is 0 Å². The van der Waals surface area contributed by atoms with Gasteiger partial charge in [-0.2, -0.15) is 0 Å². The van der Waals surface area contributed by atoms with E-state index in [1.165, 1.54) is 385 Å². The first-order valence-electron chi connectivity index (χ1n) is 36.8. The number of hydrogen-bond donors (Lipinski definition) is 0. The molecule has 0 aromatic carbocycles. The Morgan fingerprint density at radius 3 is 0.325 bits per heavy atom. The summed E-state index contributed by atoms with van der Waals surface area (Å²) in [7, 11) is -3.23. The van der Waals surface area contributed by atoms with Crippen LogP contribution >= 0.6 is 0 Å². The van der Waals surface area contributed by atoms with E-state index in [0.717, 1.165) is 25.7 Å². The third-order valence-electron chi connectivity index (χ3n) is 17.1. The van der Waals surface area contributed by atoms with Crippen LogP contribution in [-0.4, -0.2) is 35.5 Å². The van der Waals surface area contributed by atoms with E-state index in [4.69, 9.17) is 17.7 Å². The summed E-state index contributed by atoms with van der Waals surface area (Å²) in [5.74, 6) is 0. The summed E-state index contributed by atoms with van der Waals surface area (Å²) < 4.78 is 27.2. The van der Waals surface area contributed by atoms with Crippen LogP contribution in [0, 0.1) is 0 Å². The lowest BCUT2D eigenvalue weighted by molar-refractivity contribution is -0.0375. The molecule has 464 valence electrons. The average Bonchev–Trinajstić information content (AvgIpc) is 3.44. The molecule has 4 nitrogen and oxygen atoms in total. The highest BCUT2D eigenvalue weighted by molar-refractivity contribution is 6.53. The Morgan fingerprint density at radius 2 is 0.221 bits per heavy atom. The molecule has 77 heavy (non-hydrogen) atoms. The van der Waals surface area contributed by atoms with E-state index in [1.807, 2.05) is 0 Å². The van der Waals surface area contributed by atoms with E-state index in [9.17, 15) is 0 Å². The summed E-state index contributed by atoms with van der Waals surface area (Å²) >= 11 is 0. The summed E-state index contributed by atoms with van der Waals surface area (Å²) in [6.45, 7) is 12.1. The van der Waals surface area contributed by atoms with Crippen molar-refractivity contribution >= 4 is 9.05 Å². The first kappa shape index (κ1) is 77.1. The molecule has 5 heteroatoms. The molecule has 0 spiro atoms. The van der Waals surface area contributed by atoms with Gasteiger partial charge in [0.15, 0.2) is 0 Å². The van der Waals surface area contributed by atoms with E-state index in [2.05, 4.69) is 27.7 Å². The highest BCUT2D eigenvalue weighted by Gasteiger charge is 2.45. The average molecular weight is 1110 g/mol. The third-order valence-corrected chi connectivity index (χ3v) is 19.3. The van der Waals surface area contributed by atoms with Gasteiger partial charge in [-0.15, -0.1) is 0 Å². The van der Waals surface area contributed by atoms with Crippen molar-refractivity contribution in [3.05, 3.63) is 0 Å². The van der Waals surface area contributed by atoms with Crippen molar-refractivity contribution < 1.29 is 17.7 Å². The normalized spacial score (nSPS) is 12.0. The summed E-state index contributed by atoms with van der Waals surface area (Å²) in [5.41, 5.74) is 0. The Morgan fingerprint density at radius 1 is 0.130 bits per heavy atom. The molecule has 0 aliphatic rings. The standard InChI is InChI=1S/C72H148O4Si/c1-5-9-13-17-21-25-29-33-37-41-45-49-53-57-61-65-69-73-77(74-70-66-62-58-54-50-46-42-38-34-30-26-22-18-14-10-6-2,75-71-67-63-59-55-51-47-43-39-35-31-27-23-19-15-11-7-3)76-72-68-64-60-56-52-48-44-40-36-32-28-24-20-16-12-8-4/h5-72H2,1-4H3. The SMILES string of the molecule is CCCCCCCCCCCCCCCCCCO[Si](OCCCCCCCCCCCCCCCCCC)(OCCCCCCCCCCCCCCCCCC)OCCCCCCCCCCCCCCCCCC. The second-order valence-electron chi connectivity index (χ2n) is 25.1. The maximum absolute atomic E-state index is 6.81. The maximum Gasteiger partial charge on any atom is 0.679 e. The zero-order chi connectivity index (χ0) is 55.4. The highest BCUT2D eigenvalue weighted by Crippen LogP contribution is 2.22. The molecule has 0 aromatic rings. The molecule has 0 saturated carbocycles. The molecule has 0 radical (unpaired) electrons. The van der Waals surface area contributed by atoms with Gasteiger partial charge in [0, 0.05) is 26.4 Å². The first-order valence-corrected chi connectivity index (χ1v) is 38.4. The van der Waals surface area contributed by atoms with Gasteiger partial charge in [-0.3, -0.25) is 0 Å². The van der Waals surface area contributed by atoms with Crippen LogP contribution in [0.2, 0.25) is 0 Å². The molecule has 0 saturated heterocycles. The number of unbranched alkanes of at least 4 members (excludes halogenated alkanes) is 60. The van der Waals surface area contributed by atoms with Crippen molar-refractivity contribution in [3.63, 3.8) is 0 Å². The van der Waals surface area contributed by atoms with Gasteiger partial charge in [0.1, 0.15) is 0 Å². The molecule has 0 amide bonds. The van der Waals surface area contributed by atoms with Crippen LogP contribution < -0.4 is 0 Å². The van der Waals surface area contributed by atoms with Crippen molar-refractivity contribution in [2.75, 3.05) is 26.4 Å². The minimum atomic E-state index is -3.23. The fourth-order valence-corrected chi connectivity index (χ4v) is 13.7. The molecule has 0 atom stereocenters. The topological polar surface area (TPSA) is 36.9 Å². The van der Waals surface area contributed by atoms with Crippen molar-refractivity contribution in [3.8, 4) is 0 Å². The predicted molar refractivity (Wildman–Crippen MR) is 348 cm³/mol. The molecule has 0 aromatic heterocycles. The molecule has 0 aliphatic carbocycles. The summed E-state index contributed by atoms with van der Waals surface area (Å²) in [5, 5.41) is 0. The lowest BCUT2D eigenvalue weighted by Gasteiger charge is -2.28. The molecule has 0 fully saturated rings. The quantitative estimate of drug-likeness (QED) is 0.0449. The zero-order valence-corrected chi connectivity index (χ0v) is 55.2. The van der Waals surface area contributed by atoms with Crippen molar-refractivity contribution in [2.24, 2.45) is 0 Å². The maximum atomic E-state index is 6.81. The van der Waals surface area contributed by atoms with Crippen molar-refractivity contribution in [1.29, 1.82) is 0 Å². The Balaban J connectivity index is 4.97. The third kappa shape index (κ3) is 65.1. The van der Waals surface area contributed by atoms with Gasteiger partial charge in [0.05, 0.1) is 0 Å². The zero-order valence-electron chi connectivity index (χ0n) is 54.2. The van der Waals surface area contributed by atoms with Gasteiger partial charge in [0.25, 0.3) is 0 Å². The van der Waals surface area contributed by atoms with Gasteiger partial charge in [-0.05, 0) is 25.7 Å². The van der Waals surface area contributed by atoms with Crippen molar-refractivity contribution in [1.82, 2.24) is 0 Å². The molecular weight excluding hydrogens is 957 g/mol. The van der Waals surface area contributed by atoms with Gasteiger partial charge >= 0.3 is 9.05 Å². The van der Waals surface area contributed by atoms with E-state index in [1.54, 1.807) is 0 Å². The highest BCUT2D eigenvalue weighted by atomic mass is 28.4. The Kier molecular flexibility index (Phi) is 70.4. The van der Waals surface area contributed by atoms with E-state index < -0.39 is 9.05 Å². The lowest BCUT2D eigenvalue weighted by atomic mass is 10.0. The first-order chi connectivity index (χ1) is 38.2. The number of rotatable bonds is 72. The predicted octanol–water partition coefficient (Wildman–Crippen LogP) is 26.5. The summed E-state index contributed by atoms with van der Waals surface area (Å²) in [6.07, 6.45) is 88.6. The summed E-state index contributed by atoms with van der Waals surface area (Å²) in [6, 6.07) is 0. The number of hydrogen-bond acceptors (Lipinski definition) is 4. The van der Waals surface area contributed by atoms with E-state index >= 15 is 0 Å². The van der Waals surface area contributed by atoms with Crippen LogP contribution in [0.25, 0.3) is 0 Å². The Labute approximate surface area is 489 Å². The molecule has 0 unspecified atom stereocenters. The second kappa shape index (κ2) is 70.3. The smallest absolute Gasteiger partial charge is 0.351 e. The van der Waals surface area contributed by atoms with Crippen LogP contribution in [-0.2, 0) is 17.7 Å². The molecule has 0 bridgehead atoms. The van der Waals surface area contributed by atoms with Crippen molar-refractivity contribution in [2.45, 2.75) is 439 Å². The van der Waals surface area contributed by atoms with Gasteiger partial charge in [-0.1, -0.05) is 413 Å². The van der Waals surface area contributed by atoms with E-state index in [-0.39, 0.29) is 0 Å². The summed E-state index contributed by atoms with van der Waals surface area (Å²) in [4.78, 5) is 0. The fourth-order valence-electron chi connectivity index (χ4n) is 11.6. The van der Waals surface area contributed by atoms with Crippen LogP contribution in [0.1, 0.15) is 439 Å². The Hall–Kier alpha value is 0.0569. The largest absolute Gasteiger partial charge is 0.679 e. The molecule has 0 rings (SSSR count). The molecule has 0 heterocycles. The van der Waals surface area contributed by atoms with Gasteiger partial charge < -0.3 is 17.7 Å². The van der Waals surface area contributed by atoms with E-state index in [0.29, 0.717) is 26.4 Å².